The van der Waals surface area contributed by atoms with E-state index in [0.29, 0.717) is 0 Å². The van der Waals surface area contributed by atoms with Crippen LogP contribution in [-0.2, 0) is 0 Å². The number of halogens is 1. The van der Waals surface area contributed by atoms with Crippen molar-refractivity contribution in [2.75, 3.05) is 26.2 Å². The second kappa shape index (κ2) is 16.0. The number of quaternary nitrogens is 1. The minimum atomic E-state index is 0. The van der Waals surface area contributed by atoms with E-state index in [-0.39, 0.29) is 13.1 Å². The van der Waals surface area contributed by atoms with Crippen LogP contribution in [0, 0.1) is 0 Å². The quantitative estimate of drug-likeness (QED) is 0.365. The first-order chi connectivity index (χ1) is 8.24. The topological polar surface area (TPSA) is 0 Å². The summed E-state index contributed by atoms with van der Waals surface area (Å²) >= 11 is 0. The van der Waals surface area contributed by atoms with Crippen molar-refractivity contribution in [2.24, 2.45) is 0 Å². The molecule has 0 aliphatic heterocycles. The summed E-state index contributed by atoms with van der Waals surface area (Å²) in [5.74, 6) is 0. The number of hydrogen-bond donors (Lipinski definition) is 0. The predicted octanol–water partition coefficient (Wildman–Crippen LogP) is 0.824. The molecule has 0 N–H and O–H groups in total. The molecule has 19 heavy (non-hydrogen) atoms. The molecule has 0 saturated heterocycles. The average Bonchev–Trinajstić information content (AvgIpc) is 2.37. The molecule has 1 nitrogen and oxygen atoms in total. The first-order valence-corrected chi connectivity index (χ1v) is 8.09. The summed E-state index contributed by atoms with van der Waals surface area (Å²) in [5.41, 5.74) is 0. The third kappa shape index (κ3) is 11.5. The van der Waals surface area contributed by atoms with Crippen LogP contribution in [0.1, 0.15) is 79.1 Å². The van der Waals surface area contributed by atoms with Gasteiger partial charge in [0.05, 0.1) is 34.6 Å². The zero-order chi connectivity index (χ0) is 13.0. The monoisotopic (exact) mass is 275 g/mol. The van der Waals surface area contributed by atoms with Crippen LogP contribution in [0.25, 0.3) is 0 Å². The second-order valence-electron chi connectivity index (χ2n) is 5.65. The lowest BCUT2D eigenvalue weighted by Gasteiger charge is -2.39. The van der Waals surface area contributed by atoms with Gasteiger partial charge in [0.2, 0.25) is 0 Å². The molecular formula is C16H39BFN. The van der Waals surface area contributed by atoms with E-state index in [9.17, 15) is 0 Å². The average molecular weight is 275 g/mol. The van der Waals surface area contributed by atoms with Gasteiger partial charge in [0.15, 0.2) is 0 Å². The molecule has 0 unspecified atom stereocenters. The molecule has 118 valence electrons. The lowest BCUT2D eigenvalue weighted by molar-refractivity contribution is -0.929. The molecule has 0 rings (SSSR count). The van der Waals surface area contributed by atoms with Gasteiger partial charge < -0.3 is 9.19 Å². The van der Waals surface area contributed by atoms with Gasteiger partial charge in [0.1, 0.15) is 0 Å². The van der Waals surface area contributed by atoms with E-state index in [1.807, 2.05) is 0 Å². The highest BCUT2D eigenvalue weighted by Crippen LogP contribution is 2.16. The smallest absolute Gasteiger partial charge is 0.0814 e. The summed E-state index contributed by atoms with van der Waals surface area (Å²) in [6.45, 7) is 15.0. The fraction of sp³-hybridized carbons (Fsp3) is 1.00. The van der Waals surface area contributed by atoms with Crippen molar-refractivity contribution < 1.29 is 9.19 Å². The van der Waals surface area contributed by atoms with Gasteiger partial charge >= 0.3 is 0 Å². The van der Waals surface area contributed by atoms with Crippen LogP contribution in [0.4, 0.5) is 0 Å². The lowest BCUT2D eigenvalue weighted by atomic mass is 10.1. The molecule has 0 aliphatic rings. The Bertz CT molecular complexity index is 127. The highest BCUT2D eigenvalue weighted by molar-refractivity contribution is 5.75. The first kappa shape index (κ1) is 24.0. The number of nitrogens with zero attached hydrogens (tertiary/aromatic N) is 1. The maximum atomic E-state index is 2.33. The summed E-state index contributed by atoms with van der Waals surface area (Å²) in [4.78, 5) is 0. The van der Waals surface area contributed by atoms with Crippen molar-refractivity contribution in [3.63, 3.8) is 0 Å². The number of unbranched alkanes of at least 4 members (excludes halogenated alkanes) is 4. The van der Waals surface area contributed by atoms with Gasteiger partial charge in [-0.3, -0.25) is 0 Å². The van der Waals surface area contributed by atoms with Crippen molar-refractivity contribution in [1.82, 2.24) is 0 Å². The molecule has 0 saturated carbocycles. The zero-order valence-electron chi connectivity index (χ0n) is 13.3. The molecule has 3 heteroatoms. The van der Waals surface area contributed by atoms with Crippen LogP contribution in [0.2, 0.25) is 0 Å². The summed E-state index contributed by atoms with van der Waals surface area (Å²) in [6.07, 6.45) is 11.1. The van der Waals surface area contributed by atoms with Gasteiger partial charge in [0.25, 0.3) is 0 Å². The third-order valence-corrected chi connectivity index (χ3v) is 3.94. The fourth-order valence-corrected chi connectivity index (χ4v) is 2.64. The highest BCUT2D eigenvalue weighted by atomic mass is 19.0. The summed E-state index contributed by atoms with van der Waals surface area (Å²) in [5, 5.41) is 0. The van der Waals surface area contributed by atoms with Crippen molar-refractivity contribution in [1.29, 1.82) is 0 Å². The van der Waals surface area contributed by atoms with Gasteiger partial charge in [-0.15, -0.1) is 0 Å². The Morgan fingerprint density at radius 3 is 0.895 bits per heavy atom. The maximum absolute atomic E-state index is 2.33. The van der Waals surface area contributed by atoms with Gasteiger partial charge in [-0.05, 0) is 25.7 Å². The van der Waals surface area contributed by atoms with Gasteiger partial charge in [-0.25, -0.2) is 0 Å². The minimum Gasteiger partial charge on any atom is -1.00 e. The molecule has 0 aliphatic carbocycles. The lowest BCUT2D eigenvalue weighted by Crippen LogP contribution is -3.00. The number of hydrogen-bond acceptors (Lipinski definition) is 0. The van der Waals surface area contributed by atoms with E-state index >= 15 is 0 Å². The van der Waals surface area contributed by atoms with E-state index in [0.717, 1.165) is 0 Å². The SMILES string of the molecule is B.CCCC[N+](CCCC)(CCCC)CCCC.[F-]. The van der Waals surface area contributed by atoms with Crippen molar-refractivity contribution in [2.45, 2.75) is 79.1 Å². The van der Waals surface area contributed by atoms with Crippen molar-refractivity contribution in [3.8, 4) is 0 Å². The summed E-state index contributed by atoms with van der Waals surface area (Å²) < 4.78 is 1.42. The zero-order valence-corrected chi connectivity index (χ0v) is 13.3. The Kier molecular flexibility index (Phi) is 20.2. The van der Waals surface area contributed by atoms with Gasteiger partial charge in [-0.1, -0.05) is 53.4 Å². The van der Waals surface area contributed by atoms with E-state index in [1.165, 1.54) is 82.0 Å². The Labute approximate surface area is 123 Å². The molecule has 0 aromatic carbocycles. The minimum absolute atomic E-state index is 0. The third-order valence-electron chi connectivity index (χ3n) is 3.94. The molecule has 0 amide bonds. The molecule has 0 bridgehead atoms. The highest BCUT2D eigenvalue weighted by Gasteiger charge is 2.24. The molecule has 0 fully saturated rings. The molecule has 0 heterocycles. The molecule has 0 aromatic heterocycles. The Hall–Kier alpha value is -0.0451. The molecule has 0 atom stereocenters. The predicted molar refractivity (Wildman–Crippen MR) is 89.3 cm³/mol. The Balaban J connectivity index is -0.00000128. The molecule has 0 radical (unpaired) electrons. The first-order valence-electron chi connectivity index (χ1n) is 8.09. The molecule has 0 spiro atoms. The van der Waals surface area contributed by atoms with Crippen LogP contribution in [-0.4, -0.2) is 39.1 Å². The Morgan fingerprint density at radius 1 is 0.526 bits per heavy atom. The van der Waals surface area contributed by atoms with Crippen LogP contribution >= 0.6 is 0 Å². The Morgan fingerprint density at radius 2 is 0.737 bits per heavy atom. The second-order valence-corrected chi connectivity index (χ2v) is 5.65. The summed E-state index contributed by atoms with van der Waals surface area (Å²) in [7, 11) is 0. The van der Waals surface area contributed by atoms with Gasteiger partial charge in [0, 0.05) is 0 Å². The number of rotatable bonds is 12. The molecule has 0 aromatic rings. The van der Waals surface area contributed by atoms with Crippen molar-refractivity contribution in [3.05, 3.63) is 0 Å². The molecular weight excluding hydrogens is 236 g/mol. The van der Waals surface area contributed by atoms with Crippen LogP contribution < -0.4 is 4.70 Å². The van der Waals surface area contributed by atoms with Crippen LogP contribution in [0.15, 0.2) is 0 Å². The van der Waals surface area contributed by atoms with Crippen molar-refractivity contribution >= 4 is 8.41 Å². The van der Waals surface area contributed by atoms with E-state index in [2.05, 4.69) is 27.7 Å². The van der Waals surface area contributed by atoms with Gasteiger partial charge in [-0.2, -0.15) is 0 Å². The van der Waals surface area contributed by atoms with E-state index in [1.54, 1.807) is 0 Å². The summed E-state index contributed by atoms with van der Waals surface area (Å²) in [6, 6.07) is 0. The normalized spacial score (nSPS) is 10.7. The van der Waals surface area contributed by atoms with Crippen LogP contribution in [0.3, 0.4) is 0 Å². The van der Waals surface area contributed by atoms with Crippen LogP contribution in [0.5, 0.6) is 0 Å². The van der Waals surface area contributed by atoms with E-state index < -0.39 is 0 Å². The maximum Gasteiger partial charge on any atom is 0.0814 e. The largest absolute Gasteiger partial charge is 1.00 e. The standard InChI is InChI=1S/C16H36N.BH3.FH/c1-5-9-13-17(14-10-6-2,15-11-7-3)16-12-8-4;;/h5-16H2,1-4H3;1H3;1H/q+1;;/p-1. The fourth-order valence-electron chi connectivity index (χ4n) is 2.64. The van der Waals surface area contributed by atoms with E-state index in [4.69, 9.17) is 0 Å².